The second kappa shape index (κ2) is 10.9. The molecule has 0 bridgehead atoms. The minimum atomic E-state index is -0.276. The molecule has 4 heteroatoms. The minimum absolute atomic E-state index is 0.0305. The maximum Gasteiger partial charge on any atom is 0.331 e. The highest BCUT2D eigenvalue weighted by molar-refractivity contribution is 5.87. The van der Waals surface area contributed by atoms with Crippen LogP contribution in [0.3, 0.4) is 0 Å². The zero-order valence-corrected chi connectivity index (χ0v) is 28.8. The standard InChI is InChI=1S/C40H58O4/c1-26(2)10-9-11-27(3)29-18-20-38(7)33-16-15-32-36(4,5)34(19-21-39(32)25-40(33,39)23-22-37(29,38)6)44-35(42)17-13-28-12-14-30(41)31(24-28)43-8/h10,12-14,17,24,27,29,32-34,41H,9,11,15-16,18-23,25H2,1-8H3/b17-13-/t27-,29-,32+,33+,34+,37-,38+,39-,40+/m1/s1. The summed E-state index contributed by atoms with van der Waals surface area (Å²) < 4.78 is 11.4. The van der Waals surface area contributed by atoms with E-state index >= 15 is 0 Å². The molecule has 5 fully saturated rings. The fourth-order valence-electron chi connectivity index (χ4n) is 12.5. The molecule has 6 rings (SSSR count). The molecule has 2 spiro atoms. The fraction of sp³-hybridized carbons (Fsp3) is 0.725. The van der Waals surface area contributed by atoms with E-state index in [1.165, 1.54) is 83.0 Å². The third-order valence-corrected chi connectivity index (χ3v) is 14.8. The van der Waals surface area contributed by atoms with E-state index < -0.39 is 0 Å². The number of hydrogen-bond acceptors (Lipinski definition) is 4. The summed E-state index contributed by atoms with van der Waals surface area (Å²) >= 11 is 0. The molecule has 242 valence electrons. The second-order valence-corrected chi connectivity index (χ2v) is 17.0. The lowest BCUT2D eigenvalue weighted by atomic mass is 9.41. The molecule has 0 amide bonds. The van der Waals surface area contributed by atoms with Crippen LogP contribution in [-0.2, 0) is 9.53 Å². The number of methoxy groups -OCH3 is 1. The molecular formula is C40H58O4. The number of carbonyl (C=O) groups is 1. The lowest BCUT2D eigenvalue weighted by molar-refractivity contribution is -0.179. The molecule has 1 aromatic rings. The van der Waals surface area contributed by atoms with Crippen molar-refractivity contribution in [3.63, 3.8) is 0 Å². The molecule has 0 heterocycles. The molecule has 5 aliphatic carbocycles. The molecule has 0 radical (unpaired) electrons. The molecule has 0 aliphatic heterocycles. The van der Waals surface area contributed by atoms with Crippen LogP contribution in [0.5, 0.6) is 11.5 Å². The van der Waals surface area contributed by atoms with Gasteiger partial charge in [-0.2, -0.15) is 0 Å². The third-order valence-electron chi connectivity index (χ3n) is 14.8. The summed E-state index contributed by atoms with van der Waals surface area (Å²) in [6, 6.07) is 5.09. The summed E-state index contributed by atoms with van der Waals surface area (Å²) in [6.45, 7) is 17.2. The highest BCUT2D eigenvalue weighted by Crippen LogP contribution is 2.89. The van der Waals surface area contributed by atoms with Crippen LogP contribution in [-0.4, -0.2) is 24.3 Å². The van der Waals surface area contributed by atoms with Gasteiger partial charge in [0.15, 0.2) is 11.5 Å². The van der Waals surface area contributed by atoms with Gasteiger partial charge in [-0.15, -0.1) is 0 Å². The average molecular weight is 603 g/mol. The van der Waals surface area contributed by atoms with Gasteiger partial charge in [0.25, 0.3) is 0 Å². The number of esters is 1. The summed E-state index contributed by atoms with van der Waals surface area (Å²) in [7, 11) is 1.53. The van der Waals surface area contributed by atoms with E-state index in [4.69, 9.17) is 9.47 Å². The molecule has 0 unspecified atom stereocenters. The normalized spacial score (nSPS) is 40.6. The number of hydrogen-bond donors (Lipinski definition) is 1. The van der Waals surface area contributed by atoms with Crippen LogP contribution in [0, 0.1) is 50.7 Å². The lowest BCUT2D eigenvalue weighted by Crippen LogP contribution is -2.58. The molecule has 4 nitrogen and oxygen atoms in total. The molecule has 0 saturated heterocycles. The van der Waals surface area contributed by atoms with Crippen LogP contribution in [0.25, 0.3) is 6.08 Å². The Bertz CT molecular complexity index is 1340. The summed E-state index contributed by atoms with van der Waals surface area (Å²) in [5.74, 6) is 3.33. The molecule has 5 aliphatic rings. The van der Waals surface area contributed by atoms with Crippen molar-refractivity contribution in [1.82, 2.24) is 0 Å². The Morgan fingerprint density at radius 2 is 1.70 bits per heavy atom. The first-order valence-electron chi connectivity index (χ1n) is 17.6. The van der Waals surface area contributed by atoms with Gasteiger partial charge in [-0.3, -0.25) is 0 Å². The zero-order chi connectivity index (χ0) is 31.7. The number of phenols is 1. The van der Waals surface area contributed by atoms with E-state index in [0.717, 1.165) is 29.7 Å². The first kappa shape index (κ1) is 31.7. The van der Waals surface area contributed by atoms with Crippen LogP contribution >= 0.6 is 0 Å². The van der Waals surface area contributed by atoms with Crippen molar-refractivity contribution in [2.75, 3.05) is 7.11 Å². The van der Waals surface area contributed by atoms with Gasteiger partial charge >= 0.3 is 5.97 Å². The van der Waals surface area contributed by atoms with Gasteiger partial charge in [0, 0.05) is 11.5 Å². The maximum atomic E-state index is 13.1. The van der Waals surface area contributed by atoms with Crippen molar-refractivity contribution < 1.29 is 19.4 Å². The first-order valence-corrected chi connectivity index (χ1v) is 17.6. The highest BCUT2D eigenvalue weighted by atomic mass is 16.5. The van der Waals surface area contributed by atoms with E-state index in [2.05, 4.69) is 54.5 Å². The quantitative estimate of drug-likeness (QED) is 0.183. The molecular weight excluding hydrogens is 544 g/mol. The monoisotopic (exact) mass is 602 g/mol. The number of ether oxygens (including phenoxy) is 2. The number of allylic oxidation sites excluding steroid dienone is 2. The number of fused-ring (bicyclic) bond motifs is 2. The van der Waals surface area contributed by atoms with Gasteiger partial charge in [-0.1, -0.05) is 52.3 Å². The van der Waals surface area contributed by atoms with Crippen LogP contribution < -0.4 is 4.74 Å². The van der Waals surface area contributed by atoms with Gasteiger partial charge in [0.05, 0.1) is 7.11 Å². The molecule has 1 N–H and O–H groups in total. The maximum absolute atomic E-state index is 13.1. The predicted molar refractivity (Wildman–Crippen MR) is 178 cm³/mol. The number of aromatic hydroxyl groups is 1. The SMILES string of the molecule is COc1cc(/C=C\C(=O)O[C@H]2CC[C@]34C[C@]35CC[C@]3(C)[C@@H]([C@H](C)CCC=C(C)C)CC[C@@]3(C)[C@@H]5CC[C@H]4C2(C)C)ccc1O. The summed E-state index contributed by atoms with van der Waals surface area (Å²) in [5.41, 5.74) is 4.08. The Kier molecular flexibility index (Phi) is 7.89. The molecule has 5 saturated carbocycles. The topological polar surface area (TPSA) is 55.8 Å². The van der Waals surface area contributed by atoms with Crippen molar-refractivity contribution in [2.24, 2.45) is 50.7 Å². The van der Waals surface area contributed by atoms with E-state index in [1.807, 2.05) is 0 Å². The summed E-state index contributed by atoms with van der Waals surface area (Å²) in [4.78, 5) is 13.1. The molecule has 44 heavy (non-hydrogen) atoms. The van der Waals surface area contributed by atoms with Crippen molar-refractivity contribution in [3.8, 4) is 11.5 Å². The Morgan fingerprint density at radius 1 is 0.977 bits per heavy atom. The van der Waals surface area contributed by atoms with Crippen LogP contribution in [0.4, 0.5) is 0 Å². The van der Waals surface area contributed by atoms with Gasteiger partial charge in [-0.25, -0.2) is 4.79 Å². The summed E-state index contributed by atoms with van der Waals surface area (Å²) in [6.07, 6.45) is 20.1. The third kappa shape index (κ3) is 4.62. The largest absolute Gasteiger partial charge is 0.504 e. The van der Waals surface area contributed by atoms with Crippen LogP contribution in [0.15, 0.2) is 35.9 Å². The molecule has 1 aromatic carbocycles. The molecule has 9 atom stereocenters. The smallest absolute Gasteiger partial charge is 0.331 e. The van der Waals surface area contributed by atoms with E-state index in [-0.39, 0.29) is 23.2 Å². The average Bonchev–Trinajstić information content (AvgIpc) is 3.55. The summed E-state index contributed by atoms with van der Waals surface area (Å²) in [5, 5.41) is 9.88. The van der Waals surface area contributed by atoms with Gasteiger partial charge < -0.3 is 14.6 Å². The Labute approximate surface area is 267 Å². The van der Waals surface area contributed by atoms with Crippen molar-refractivity contribution in [1.29, 1.82) is 0 Å². The number of phenolic OH excluding ortho intramolecular Hbond substituents is 1. The number of benzene rings is 1. The Balaban J connectivity index is 1.15. The van der Waals surface area contributed by atoms with Gasteiger partial charge in [0.1, 0.15) is 6.10 Å². The number of carbonyl (C=O) groups excluding carboxylic acids is 1. The van der Waals surface area contributed by atoms with E-state index in [9.17, 15) is 9.90 Å². The van der Waals surface area contributed by atoms with E-state index in [1.54, 1.807) is 24.3 Å². The van der Waals surface area contributed by atoms with Crippen molar-refractivity contribution in [3.05, 3.63) is 41.5 Å². The second-order valence-electron chi connectivity index (χ2n) is 17.0. The zero-order valence-electron chi connectivity index (χ0n) is 28.8. The first-order chi connectivity index (χ1) is 20.7. The van der Waals surface area contributed by atoms with Gasteiger partial charge in [0.2, 0.25) is 0 Å². The minimum Gasteiger partial charge on any atom is -0.504 e. The Hall–Kier alpha value is -2.23. The van der Waals surface area contributed by atoms with Crippen LogP contribution in [0.1, 0.15) is 125 Å². The molecule has 0 aromatic heterocycles. The lowest BCUT2D eigenvalue weighted by Gasteiger charge is -2.63. The number of rotatable bonds is 8. The van der Waals surface area contributed by atoms with Crippen molar-refractivity contribution in [2.45, 2.75) is 125 Å². The van der Waals surface area contributed by atoms with Crippen molar-refractivity contribution >= 4 is 12.0 Å². The van der Waals surface area contributed by atoms with Crippen LogP contribution in [0.2, 0.25) is 0 Å². The van der Waals surface area contributed by atoms with Gasteiger partial charge in [-0.05, 0) is 154 Å². The predicted octanol–water partition coefficient (Wildman–Crippen LogP) is 10.1. The fourth-order valence-corrected chi connectivity index (χ4v) is 12.5. The Morgan fingerprint density at radius 3 is 2.43 bits per heavy atom. The highest BCUT2D eigenvalue weighted by Gasteiger charge is 2.82. The van der Waals surface area contributed by atoms with E-state index in [0.29, 0.717) is 33.3 Å².